The van der Waals surface area contributed by atoms with Crippen LogP contribution in [0.15, 0.2) is 72.9 Å². The Labute approximate surface area is 162 Å². The van der Waals surface area contributed by atoms with Gasteiger partial charge in [0.15, 0.2) is 5.65 Å². The highest BCUT2D eigenvalue weighted by molar-refractivity contribution is 6.06. The molecule has 0 bridgehead atoms. The molecule has 140 valence electrons. The van der Waals surface area contributed by atoms with Crippen LogP contribution in [0.1, 0.15) is 15.9 Å². The molecule has 0 atom stereocenters. The lowest BCUT2D eigenvalue weighted by Crippen LogP contribution is -2.26. The number of nitrogens with zero attached hydrogens (tertiary/aromatic N) is 3. The molecule has 4 aromatic rings. The zero-order valence-electron chi connectivity index (χ0n) is 15.2. The van der Waals surface area contributed by atoms with Gasteiger partial charge in [-0.25, -0.2) is 9.67 Å². The van der Waals surface area contributed by atoms with E-state index in [0.717, 1.165) is 11.1 Å². The number of hydrogen-bond acceptors (Lipinski definition) is 4. The Morgan fingerprint density at radius 2 is 1.75 bits per heavy atom. The first-order valence-electron chi connectivity index (χ1n) is 9.11. The molecule has 6 nitrogen and oxygen atoms in total. The zero-order chi connectivity index (χ0) is 19.3. The van der Waals surface area contributed by atoms with Gasteiger partial charge in [0, 0.05) is 12.1 Å². The highest BCUT2D eigenvalue weighted by Crippen LogP contribution is 2.25. The van der Waals surface area contributed by atoms with Crippen molar-refractivity contribution in [1.82, 2.24) is 20.1 Å². The van der Waals surface area contributed by atoms with Crippen LogP contribution in [-0.4, -0.2) is 38.9 Å². The second-order valence-electron chi connectivity index (χ2n) is 6.43. The van der Waals surface area contributed by atoms with Gasteiger partial charge in [-0.2, -0.15) is 5.10 Å². The Morgan fingerprint density at radius 1 is 1.04 bits per heavy atom. The summed E-state index contributed by atoms with van der Waals surface area (Å²) in [5, 5.41) is 16.9. The minimum atomic E-state index is -0.252. The summed E-state index contributed by atoms with van der Waals surface area (Å²) < 4.78 is 1.81. The van der Waals surface area contributed by atoms with Crippen molar-refractivity contribution in [2.45, 2.75) is 6.54 Å². The number of nitrogens with one attached hydrogen (secondary N) is 1. The highest BCUT2D eigenvalue weighted by atomic mass is 16.3. The molecule has 2 aromatic carbocycles. The van der Waals surface area contributed by atoms with Gasteiger partial charge in [-0.05, 0) is 11.6 Å². The van der Waals surface area contributed by atoms with Crippen molar-refractivity contribution in [2.24, 2.45) is 0 Å². The smallest absolute Gasteiger partial charge is 0.252 e. The largest absolute Gasteiger partial charge is 0.395 e. The molecule has 2 N–H and O–H groups in total. The van der Waals surface area contributed by atoms with Gasteiger partial charge in [-0.3, -0.25) is 4.79 Å². The van der Waals surface area contributed by atoms with Gasteiger partial charge < -0.3 is 10.4 Å². The summed E-state index contributed by atoms with van der Waals surface area (Å²) in [5.74, 6) is -0.252. The third-order valence-corrected chi connectivity index (χ3v) is 4.50. The first-order valence-corrected chi connectivity index (χ1v) is 9.11. The molecule has 4 rings (SSSR count). The van der Waals surface area contributed by atoms with Crippen molar-refractivity contribution in [2.75, 3.05) is 13.2 Å². The molecule has 0 radical (unpaired) electrons. The van der Waals surface area contributed by atoms with Crippen LogP contribution in [0.4, 0.5) is 0 Å². The lowest BCUT2D eigenvalue weighted by molar-refractivity contribution is 0.0946. The summed E-state index contributed by atoms with van der Waals surface area (Å²) in [4.78, 5) is 17.5. The second-order valence-corrected chi connectivity index (χ2v) is 6.43. The van der Waals surface area contributed by atoms with Crippen LogP contribution in [0, 0.1) is 0 Å². The summed E-state index contributed by atoms with van der Waals surface area (Å²) in [6.07, 6.45) is 1.67. The molecule has 28 heavy (non-hydrogen) atoms. The maximum Gasteiger partial charge on any atom is 0.252 e. The number of carbonyl (C=O) groups excluding carboxylic acids is 1. The highest BCUT2D eigenvalue weighted by Gasteiger charge is 2.17. The van der Waals surface area contributed by atoms with E-state index in [4.69, 9.17) is 10.1 Å². The Morgan fingerprint density at radius 3 is 2.46 bits per heavy atom. The van der Waals surface area contributed by atoms with Gasteiger partial charge in [0.2, 0.25) is 0 Å². The maximum atomic E-state index is 12.7. The van der Waals surface area contributed by atoms with Gasteiger partial charge in [-0.15, -0.1) is 0 Å². The Bertz CT molecular complexity index is 1090. The molecule has 0 aliphatic carbocycles. The molecule has 2 heterocycles. The summed E-state index contributed by atoms with van der Waals surface area (Å²) in [6.45, 7) is 0.646. The van der Waals surface area contributed by atoms with Crippen molar-refractivity contribution >= 4 is 16.9 Å². The van der Waals surface area contributed by atoms with Crippen LogP contribution in [0.3, 0.4) is 0 Å². The van der Waals surface area contributed by atoms with E-state index < -0.39 is 0 Å². The lowest BCUT2D eigenvalue weighted by atomic mass is 10.1. The molecule has 0 fully saturated rings. The number of fused-ring (bicyclic) bond motifs is 1. The van der Waals surface area contributed by atoms with Crippen LogP contribution in [0.25, 0.3) is 22.3 Å². The molecule has 1 amide bonds. The number of amides is 1. The number of rotatable bonds is 6. The van der Waals surface area contributed by atoms with E-state index in [0.29, 0.717) is 28.8 Å². The van der Waals surface area contributed by atoms with E-state index in [9.17, 15) is 4.79 Å². The van der Waals surface area contributed by atoms with Crippen LogP contribution in [-0.2, 0) is 6.54 Å². The Hall–Kier alpha value is -3.51. The van der Waals surface area contributed by atoms with E-state index in [-0.39, 0.29) is 19.1 Å². The van der Waals surface area contributed by atoms with Crippen LogP contribution in [0.5, 0.6) is 0 Å². The van der Waals surface area contributed by atoms with Gasteiger partial charge in [0.1, 0.15) is 0 Å². The quantitative estimate of drug-likeness (QED) is 0.545. The minimum Gasteiger partial charge on any atom is -0.395 e. The molecule has 6 heteroatoms. The number of benzene rings is 2. The normalized spacial score (nSPS) is 10.9. The zero-order valence-corrected chi connectivity index (χ0v) is 15.2. The maximum absolute atomic E-state index is 12.7. The number of pyridine rings is 1. The van der Waals surface area contributed by atoms with E-state index in [1.807, 2.05) is 60.7 Å². The number of aliphatic hydroxyl groups is 1. The third kappa shape index (κ3) is 3.63. The molecule has 0 aliphatic rings. The molecule has 0 spiro atoms. The number of carbonyl (C=O) groups is 1. The number of aromatic nitrogens is 3. The monoisotopic (exact) mass is 372 g/mol. The van der Waals surface area contributed by atoms with Gasteiger partial charge in [0.05, 0.1) is 36.0 Å². The van der Waals surface area contributed by atoms with Crippen LogP contribution < -0.4 is 5.32 Å². The number of aliphatic hydroxyl groups excluding tert-OH is 1. The predicted octanol–water partition coefficient (Wildman–Crippen LogP) is 2.87. The first kappa shape index (κ1) is 17.9. The third-order valence-electron chi connectivity index (χ3n) is 4.50. The molecule has 0 aliphatic heterocycles. The molecule has 0 saturated heterocycles. The van der Waals surface area contributed by atoms with Crippen molar-refractivity contribution < 1.29 is 9.90 Å². The topological polar surface area (TPSA) is 80.0 Å². The van der Waals surface area contributed by atoms with E-state index in [1.54, 1.807) is 16.9 Å². The van der Waals surface area contributed by atoms with E-state index in [1.165, 1.54) is 0 Å². The Kier molecular flexibility index (Phi) is 5.12. The molecule has 0 unspecified atom stereocenters. The summed E-state index contributed by atoms with van der Waals surface area (Å²) in [5.41, 5.74) is 3.88. The van der Waals surface area contributed by atoms with E-state index in [2.05, 4.69) is 10.4 Å². The fraction of sp³-hybridized carbons (Fsp3) is 0.136. The minimum absolute atomic E-state index is 0.112. The van der Waals surface area contributed by atoms with E-state index >= 15 is 0 Å². The first-order chi connectivity index (χ1) is 13.8. The van der Waals surface area contributed by atoms with Crippen LogP contribution >= 0.6 is 0 Å². The second kappa shape index (κ2) is 8.02. The number of hydrogen-bond donors (Lipinski definition) is 2. The average Bonchev–Trinajstić information content (AvgIpc) is 3.15. The fourth-order valence-electron chi connectivity index (χ4n) is 3.13. The van der Waals surface area contributed by atoms with Crippen molar-refractivity contribution in [3.8, 4) is 11.3 Å². The Balaban J connectivity index is 1.83. The summed E-state index contributed by atoms with van der Waals surface area (Å²) in [6, 6.07) is 21.5. The predicted molar refractivity (Wildman–Crippen MR) is 108 cm³/mol. The fourth-order valence-corrected chi connectivity index (χ4v) is 3.13. The van der Waals surface area contributed by atoms with Crippen molar-refractivity contribution in [3.63, 3.8) is 0 Å². The summed E-state index contributed by atoms with van der Waals surface area (Å²) in [7, 11) is 0. The van der Waals surface area contributed by atoms with Gasteiger partial charge in [-0.1, -0.05) is 60.7 Å². The van der Waals surface area contributed by atoms with Gasteiger partial charge in [0.25, 0.3) is 5.91 Å². The standard InChI is InChI=1S/C22H20N4O2/c27-12-11-23-22(28)18-13-20(17-9-5-2-6-10-17)25-21-19(18)14-24-26(21)15-16-7-3-1-4-8-16/h1-10,13-14,27H,11-12,15H2,(H,23,28). The van der Waals surface area contributed by atoms with Crippen LogP contribution in [0.2, 0.25) is 0 Å². The van der Waals surface area contributed by atoms with Gasteiger partial charge >= 0.3 is 0 Å². The molecule has 0 saturated carbocycles. The average molecular weight is 372 g/mol. The SMILES string of the molecule is O=C(NCCO)c1cc(-c2ccccc2)nc2c1cnn2Cc1ccccc1. The van der Waals surface area contributed by atoms with Crippen molar-refractivity contribution in [3.05, 3.63) is 84.1 Å². The molecular formula is C22H20N4O2. The lowest BCUT2D eigenvalue weighted by Gasteiger charge is -2.09. The molecule has 2 aromatic heterocycles. The molecular weight excluding hydrogens is 352 g/mol. The summed E-state index contributed by atoms with van der Waals surface area (Å²) >= 11 is 0. The van der Waals surface area contributed by atoms with Crippen molar-refractivity contribution in [1.29, 1.82) is 0 Å².